The summed E-state index contributed by atoms with van der Waals surface area (Å²) in [5.41, 5.74) is 1.35. The third kappa shape index (κ3) is 3.67. The molecule has 0 fully saturated rings. The first kappa shape index (κ1) is 13.8. The quantitative estimate of drug-likeness (QED) is 0.825. The summed E-state index contributed by atoms with van der Waals surface area (Å²) in [5.74, 6) is 1.19. The van der Waals surface area contributed by atoms with Gasteiger partial charge in [-0.15, -0.1) is 0 Å². The van der Waals surface area contributed by atoms with E-state index in [1.807, 2.05) is 13.2 Å². The molecule has 0 saturated heterocycles. The topological polar surface area (TPSA) is 29.9 Å². The first-order chi connectivity index (χ1) is 9.35. The Hall–Kier alpha value is -1.61. The number of rotatable bonds is 7. The average Bonchev–Trinajstić information content (AvgIpc) is 2.89. The second kappa shape index (κ2) is 7.10. The van der Waals surface area contributed by atoms with Gasteiger partial charge in [0.05, 0.1) is 0 Å². The van der Waals surface area contributed by atoms with Gasteiger partial charge in [-0.25, -0.2) is 4.98 Å². The molecule has 3 nitrogen and oxygen atoms in total. The zero-order chi connectivity index (χ0) is 13.5. The predicted molar refractivity (Wildman–Crippen MR) is 79.1 cm³/mol. The number of hydrogen-bond donors (Lipinski definition) is 1. The Kier molecular flexibility index (Phi) is 5.16. The standard InChI is InChI=1S/C16H23N3/c1-3-12-19-13-11-18-16(19)10-9-15(17-2)14-7-5-4-6-8-14/h4-8,11,13,15,17H,3,9-10,12H2,1-2H3. The van der Waals surface area contributed by atoms with Crippen LogP contribution in [0.25, 0.3) is 0 Å². The third-order valence-electron chi connectivity index (χ3n) is 3.47. The van der Waals surface area contributed by atoms with E-state index >= 15 is 0 Å². The number of aromatic nitrogens is 2. The molecule has 3 heteroatoms. The highest BCUT2D eigenvalue weighted by molar-refractivity contribution is 5.18. The maximum Gasteiger partial charge on any atom is 0.108 e. The molecule has 0 radical (unpaired) electrons. The maximum atomic E-state index is 4.47. The minimum atomic E-state index is 0.396. The fraction of sp³-hybridized carbons (Fsp3) is 0.438. The summed E-state index contributed by atoms with van der Waals surface area (Å²) in [7, 11) is 2.02. The number of imidazole rings is 1. The molecule has 0 amide bonds. The second-order valence-corrected chi connectivity index (χ2v) is 4.83. The van der Waals surface area contributed by atoms with Crippen LogP contribution in [0.15, 0.2) is 42.7 Å². The Balaban J connectivity index is 1.98. The summed E-state index contributed by atoms with van der Waals surface area (Å²) in [6, 6.07) is 11.0. The Labute approximate surface area is 115 Å². The number of aryl methyl sites for hydroxylation is 2. The molecule has 2 rings (SSSR count). The number of nitrogens with one attached hydrogen (secondary N) is 1. The Morgan fingerprint density at radius 2 is 2.05 bits per heavy atom. The van der Waals surface area contributed by atoms with Crippen molar-refractivity contribution < 1.29 is 0 Å². The molecule has 0 spiro atoms. The van der Waals surface area contributed by atoms with Gasteiger partial charge in [-0.1, -0.05) is 37.3 Å². The van der Waals surface area contributed by atoms with Gasteiger partial charge in [-0.05, 0) is 25.5 Å². The van der Waals surface area contributed by atoms with Crippen molar-refractivity contribution in [2.45, 2.75) is 38.8 Å². The molecule has 0 aliphatic rings. The smallest absolute Gasteiger partial charge is 0.108 e. The van der Waals surface area contributed by atoms with Gasteiger partial charge in [0.15, 0.2) is 0 Å². The molecule has 1 heterocycles. The lowest BCUT2D eigenvalue weighted by atomic mass is 10.0. The van der Waals surface area contributed by atoms with Gasteiger partial charge in [0.25, 0.3) is 0 Å². The highest BCUT2D eigenvalue weighted by Gasteiger charge is 2.10. The molecular formula is C16H23N3. The molecule has 1 unspecified atom stereocenters. The zero-order valence-electron chi connectivity index (χ0n) is 11.8. The molecule has 0 aliphatic heterocycles. The van der Waals surface area contributed by atoms with Crippen LogP contribution in [-0.2, 0) is 13.0 Å². The van der Waals surface area contributed by atoms with E-state index in [1.54, 1.807) is 0 Å². The molecule has 0 saturated carbocycles. The monoisotopic (exact) mass is 257 g/mol. The lowest BCUT2D eigenvalue weighted by molar-refractivity contribution is 0.526. The van der Waals surface area contributed by atoms with Crippen molar-refractivity contribution >= 4 is 0 Å². The molecule has 1 aromatic carbocycles. The van der Waals surface area contributed by atoms with Crippen molar-refractivity contribution in [3.05, 3.63) is 54.1 Å². The van der Waals surface area contributed by atoms with Crippen LogP contribution in [0.2, 0.25) is 0 Å². The first-order valence-electron chi connectivity index (χ1n) is 7.07. The van der Waals surface area contributed by atoms with E-state index in [1.165, 1.54) is 11.4 Å². The van der Waals surface area contributed by atoms with Gasteiger partial charge in [-0.3, -0.25) is 0 Å². The van der Waals surface area contributed by atoms with Crippen LogP contribution < -0.4 is 5.32 Å². The van der Waals surface area contributed by atoms with Gasteiger partial charge in [0, 0.05) is 31.4 Å². The molecule has 19 heavy (non-hydrogen) atoms. The van der Waals surface area contributed by atoms with Crippen molar-refractivity contribution in [3.8, 4) is 0 Å². The van der Waals surface area contributed by atoms with Gasteiger partial charge < -0.3 is 9.88 Å². The fourth-order valence-electron chi connectivity index (χ4n) is 2.45. The second-order valence-electron chi connectivity index (χ2n) is 4.83. The Morgan fingerprint density at radius 3 is 2.74 bits per heavy atom. The van der Waals surface area contributed by atoms with Crippen molar-refractivity contribution in [2.75, 3.05) is 7.05 Å². The summed E-state index contributed by atoms with van der Waals surface area (Å²) in [4.78, 5) is 4.47. The average molecular weight is 257 g/mol. The largest absolute Gasteiger partial charge is 0.335 e. The van der Waals surface area contributed by atoms with Crippen molar-refractivity contribution in [3.63, 3.8) is 0 Å². The maximum absolute atomic E-state index is 4.47. The van der Waals surface area contributed by atoms with Crippen LogP contribution in [0.5, 0.6) is 0 Å². The molecule has 102 valence electrons. The van der Waals surface area contributed by atoms with Crippen LogP contribution in [0, 0.1) is 0 Å². The number of hydrogen-bond acceptors (Lipinski definition) is 2. The minimum Gasteiger partial charge on any atom is -0.335 e. The van der Waals surface area contributed by atoms with Gasteiger partial charge in [-0.2, -0.15) is 0 Å². The molecule has 2 aromatic rings. The lowest BCUT2D eigenvalue weighted by Gasteiger charge is -2.16. The molecule has 1 N–H and O–H groups in total. The summed E-state index contributed by atoms with van der Waals surface area (Å²) >= 11 is 0. The molecule has 0 bridgehead atoms. The normalized spacial score (nSPS) is 12.5. The number of nitrogens with zero attached hydrogens (tertiary/aromatic N) is 2. The predicted octanol–water partition coefficient (Wildman–Crippen LogP) is 3.19. The Bertz CT molecular complexity index is 476. The van der Waals surface area contributed by atoms with Gasteiger partial charge in [0.1, 0.15) is 5.82 Å². The van der Waals surface area contributed by atoms with Crippen LogP contribution in [-0.4, -0.2) is 16.6 Å². The summed E-state index contributed by atoms with van der Waals surface area (Å²) < 4.78 is 2.26. The minimum absolute atomic E-state index is 0.396. The summed E-state index contributed by atoms with van der Waals surface area (Å²) in [6.45, 7) is 3.26. The Morgan fingerprint density at radius 1 is 1.26 bits per heavy atom. The first-order valence-corrected chi connectivity index (χ1v) is 7.07. The zero-order valence-corrected chi connectivity index (χ0v) is 11.8. The van der Waals surface area contributed by atoms with Crippen molar-refractivity contribution in [1.29, 1.82) is 0 Å². The van der Waals surface area contributed by atoms with Crippen LogP contribution in [0.4, 0.5) is 0 Å². The SMILES string of the molecule is CCCn1ccnc1CCC(NC)c1ccccc1. The van der Waals surface area contributed by atoms with E-state index in [9.17, 15) is 0 Å². The van der Waals surface area contributed by atoms with E-state index < -0.39 is 0 Å². The summed E-state index contributed by atoms with van der Waals surface area (Å²) in [6.07, 6.45) is 7.21. The molecule has 1 aromatic heterocycles. The van der Waals surface area contributed by atoms with Crippen molar-refractivity contribution in [2.24, 2.45) is 0 Å². The van der Waals surface area contributed by atoms with Crippen LogP contribution >= 0.6 is 0 Å². The molecule has 1 atom stereocenters. The van der Waals surface area contributed by atoms with E-state index in [4.69, 9.17) is 0 Å². The van der Waals surface area contributed by atoms with E-state index in [2.05, 4.69) is 58.3 Å². The molecular weight excluding hydrogens is 234 g/mol. The number of benzene rings is 1. The molecule has 0 aliphatic carbocycles. The highest BCUT2D eigenvalue weighted by atomic mass is 15.1. The third-order valence-corrected chi connectivity index (χ3v) is 3.47. The fourth-order valence-corrected chi connectivity index (χ4v) is 2.45. The van der Waals surface area contributed by atoms with Crippen LogP contribution in [0.1, 0.15) is 37.2 Å². The lowest BCUT2D eigenvalue weighted by Crippen LogP contribution is -2.18. The van der Waals surface area contributed by atoms with Crippen LogP contribution in [0.3, 0.4) is 0 Å². The van der Waals surface area contributed by atoms with E-state index in [0.29, 0.717) is 6.04 Å². The van der Waals surface area contributed by atoms with Gasteiger partial charge in [0.2, 0.25) is 0 Å². The van der Waals surface area contributed by atoms with Crippen molar-refractivity contribution in [1.82, 2.24) is 14.9 Å². The van der Waals surface area contributed by atoms with E-state index in [0.717, 1.165) is 25.8 Å². The highest BCUT2D eigenvalue weighted by Crippen LogP contribution is 2.18. The summed E-state index contributed by atoms with van der Waals surface area (Å²) in [5, 5.41) is 3.40. The van der Waals surface area contributed by atoms with E-state index in [-0.39, 0.29) is 0 Å². The van der Waals surface area contributed by atoms with Gasteiger partial charge >= 0.3 is 0 Å².